The molecule has 198 valence electrons. The minimum atomic E-state index is -0.885. The fraction of sp³-hybridized carbons (Fsp3) is 0.194. The van der Waals surface area contributed by atoms with Crippen LogP contribution < -0.4 is 14.4 Å². The van der Waals surface area contributed by atoms with E-state index in [0.29, 0.717) is 44.9 Å². The predicted molar refractivity (Wildman–Crippen MR) is 152 cm³/mol. The number of aliphatic hydroxyl groups is 1. The molecule has 1 unspecified atom stereocenters. The van der Waals surface area contributed by atoms with Crippen LogP contribution in [0.25, 0.3) is 10.6 Å². The predicted octanol–water partition coefficient (Wildman–Crippen LogP) is 6.70. The molecule has 0 fully saturated rings. The molecular formula is C31H28N2O5S. The maximum absolute atomic E-state index is 14.1. The molecule has 0 aliphatic carbocycles. The minimum Gasteiger partial charge on any atom is -0.503 e. The lowest BCUT2D eigenvalue weighted by Crippen LogP contribution is -2.31. The Labute approximate surface area is 231 Å². The third-order valence-electron chi connectivity index (χ3n) is 6.45. The highest BCUT2D eigenvalue weighted by Gasteiger charge is 2.45. The number of aryl methyl sites for hydroxylation is 1. The first-order valence-electron chi connectivity index (χ1n) is 12.6. The quantitative estimate of drug-likeness (QED) is 0.238. The SMILES string of the molecule is CCCOc1cccc(C2C(C(=O)c3sc(-c4ccccc4)nc3C)=C(O)C(=O)N2c2cccc(OC)c2)c1. The van der Waals surface area contributed by atoms with Crippen LogP contribution in [0.5, 0.6) is 11.5 Å². The van der Waals surface area contributed by atoms with Crippen molar-refractivity contribution in [3.05, 3.63) is 106 Å². The standard InChI is InChI=1S/C31H28N2O5S/c1-4-16-38-24-15-8-12-21(17-24)26-25(28(35)31(36)33(26)22-13-9-14-23(18-22)37-3)27(34)29-19(2)32-30(39-29)20-10-6-5-7-11-20/h5-15,17-18,26,35H,4,16H2,1-3H3. The van der Waals surface area contributed by atoms with Crippen LogP contribution in [0, 0.1) is 6.92 Å². The summed E-state index contributed by atoms with van der Waals surface area (Å²) in [6.45, 7) is 4.31. The van der Waals surface area contributed by atoms with Gasteiger partial charge in [-0.3, -0.25) is 14.5 Å². The second-order valence-corrected chi connectivity index (χ2v) is 10.1. The number of amides is 1. The number of hydrogen-bond donors (Lipinski definition) is 1. The minimum absolute atomic E-state index is 0.00169. The zero-order chi connectivity index (χ0) is 27.5. The molecule has 0 spiro atoms. The summed E-state index contributed by atoms with van der Waals surface area (Å²) in [6, 6.07) is 23.0. The van der Waals surface area contributed by atoms with Crippen LogP contribution in [0.4, 0.5) is 5.69 Å². The number of carbonyl (C=O) groups excluding carboxylic acids is 2. The largest absolute Gasteiger partial charge is 0.503 e. The van der Waals surface area contributed by atoms with Crippen molar-refractivity contribution in [2.24, 2.45) is 0 Å². The molecule has 4 aromatic rings. The number of benzene rings is 3. The molecule has 2 heterocycles. The van der Waals surface area contributed by atoms with Crippen molar-refractivity contribution in [2.45, 2.75) is 26.3 Å². The van der Waals surface area contributed by atoms with Gasteiger partial charge in [0.2, 0.25) is 5.78 Å². The number of nitrogens with zero attached hydrogens (tertiary/aromatic N) is 2. The molecule has 1 N–H and O–H groups in total. The zero-order valence-electron chi connectivity index (χ0n) is 21.9. The number of anilines is 1. The third-order valence-corrected chi connectivity index (χ3v) is 7.66. The van der Waals surface area contributed by atoms with Gasteiger partial charge >= 0.3 is 0 Å². The second kappa shape index (κ2) is 11.1. The zero-order valence-corrected chi connectivity index (χ0v) is 22.7. The van der Waals surface area contributed by atoms with Crippen molar-refractivity contribution in [2.75, 3.05) is 18.6 Å². The normalized spacial score (nSPS) is 15.1. The number of thiazole rings is 1. The smallest absolute Gasteiger partial charge is 0.294 e. The van der Waals surface area contributed by atoms with E-state index < -0.39 is 23.5 Å². The fourth-order valence-corrected chi connectivity index (χ4v) is 5.63. The molecular weight excluding hydrogens is 512 g/mol. The van der Waals surface area contributed by atoms with Crippen molar-refractivity contribution >= 4 is 28.7 Å². The molecule has 0 bridgehead atoms. The highest BCUT2D eigenvalue weighted by atomic mass is 32.1. The fourth-order valence-electron chi connectivity index (χ4n) is 4.61. The first kappa shape index (κ1) is 26.2. The number of aliphatic hydroxyl groups excluding tert-OH is 1. The molecule has 0 saturated heterocycles. The van der Waals surface area contributed by atoms with Gasteiger partial charge in [0.25, 0.3) is 5.91 Å². The van der Waals surface area contributed by atoms with Crippen LogP contribution >= 0.6 is 11.3 Å². The van der Waals surface area contributed by atoms with Gasteiger partial charge < -0.3 is 14.6 Å². The summed E-state index contributed by atoms with van der Waals surface area (Å²) in [5, 5.41) is 11.9. The number of methoxy groups -OCH3 is 1. The summed E-state index contributed by atoms with van der Waals surface area (Å²) >= 11 is 1.24. The number of carbonyl (C=O) groups is 2. The van der Waals surface area contributed by atoms with Crippen LogP contribution in [-0.4, -0.2) is 35.5 Å². The van der Waals surface area contributed by atoms with E-state index in [2.05, 4.69) is 4.98 Å². The van der Waals surface area contributed by atoms with E-state index >= 15 is 0 Å². The van der Waals surface area contributed by atoms with Gasteiger partial charge in [0, 0.05) is 17.3 Å². The molecule has 3 aromatic carbocycles. The summed E-state index contributed by atoms with van der Waals surface area (Å²) in [5.74, 6) is -0.521. The highest BCUT2D eigenvalue weighted by molar-refractivity contribution is 7.17. The second-order valence-electron chi connectivity index (χ2n) is 9.09. The van der Waals surface area contributed by atoms with E-state index in [-0.39, 0.29) is 5.57 Å². The monoisotopic (exact) mass is 540 g/mol. The van der Waals surface area contributed by atoms with Crippen molar-refractivity contribution < 1.29 is 24.2 Å². The Morgan fingerprint density at radius 1 is 1.03 bits per heavy atom. The molecule has 39 heavy (non-hydrogen) atoms. The van der Waals surface area contributed by atoms with Gasteiger partial charge in [0.15, 0.2) is 5.76 Å². The lowest BCUT2D eigenvalue weighted by atomic mass is 9.94. The van der Waals surface area contributed by atoms with Crippen molar-refractivity contribution in [3.63, 3.8) is 0 Å². The lowest BCUT2D eigenvalue weighted by molar-refractivity contribution is -0.117. The van der Waals surface area contributed by atoms with Gasteiger partial charge in [-0.15, -0.1) is 11.3 Å². The number of hydrogen-bond acceptors (Lipinski definition) is 7. The first-order valence-corrected chi connectivity index (χ1v) is 13.5. The van der Waals surface area contributed by atoms with Gasteiger partial charge in [-0.05, 0) is 43.2 Å². The van der Waals surface area contributed by atoms with Gasteiger partial charge in [-0.1, -0.05) is 55.5 Å². The molecule has 1 amide bonds. The molecule has 8 heteroatoms. The van der Waals surface area contributed by atoms with Gasteiger partial charge in [-0.25, -0.2) is 4.98 Å². The number of ketones is 1. The molecule has 1 aliphatic heterocycles. The topological polar surface area (TPSA) is 89.0 Å². The molecule has 5 rings (SSSR count). The Morgan fingerprint density at radius 2 is 1.77 bits per heavy atom. The van der Waals surface area contributed by atoms with Crippen LogP contribution in [-0.2, 0) is 4.79 Å². The Hall–Kier alpha value is -4.43. The van der Waals surface area contributed by atoms with E-state index in [9.17, 15) is 14.7 Å². The number of rotatable bonds is 9. The maximum Gasteiger partial charge on any atom is 0.294 e. The van der Waals surface area contributed by atoms with Crippen molar-refractivity contribution in [3.8, 4) is 22.1 Å². The Kier molecular flexibility index (Phi) is 7.47. The summed E-state index contributed by atoms with van der Waals surface area (Å²) in [6.07, 6.45) is 0.834. The van der Waals surface area contributed by atoms with Crippen LogP contribution in [0.2, 0.25) is 0 Å². The molecule has 1 aliphatic rings. The Bertz CT molecular complexity index is 1560. The number of Topliss-reactive ketones (excluding diaryl/α,β-unsaturated/α-hetero) is 1. The van der Waals surface area contributed by atoms with E-state index in [1.807, 2.05) is 61.5 Å². The first-order chi connectivity index (χ1) is 18.9. The molecule has 1 atom stereocenters. The van der Waals surface area contributed by atoms with E-state index in [0.717, 1.165) is 12.0 Å². The summed E-state index contributed by atoms with van der Waals surface area (Å²) in [5.41, 5.74) is 2.56. The van der Waals surface area contributed by atoms with Gasteiger partial charge in [0.05, 0.1) is 35.9 Å². The third kappa shape index (κ3) is 5.03. The average Bonchev–Trinajstić information content (AvgIpc) is 3.49. The summed E-state index contributed by atoms with van der Waals surface area (Å²) in [7, 11) is 1.54. The lowest BCUT2D eigenvalue weighted by Gasteiger charge is -2.27. The Balaban J connectivity index is 1.63. The Morgan fingerprint density at radius 3 is 2.51 bits per heavy atom. The average molecular weight is 541 g/mol. The summed E-state index contributed by atoms with van der Waals surface area (Å²) < 4.78 is 11.2. The van der Waals surface area contributed by atoms with E-state index in [1.165, 1.54) is 16.2 Å². The van der Waals surface area contributed by atoms with Crippen LogP contribution in [0.1, 0.15) is 40.3 Å². The van der Waals surface area contributed by atoms with Gasteiger partial charge in [-0.2, -0.15) is 0 Å². The summed E-state index contributed by atoms with van der Waals surface area (Å²) in [4.78, 5) is 34.1. The highest BCUT2D eigenvalue weighted by Crippen LogP contribution is 2.44. The molecule has 0 saturated carbocycles. The van der Waals surface area contributed by atoms with Crippen molar-refractivity contribution in [1.82, 2.24) is 4.98 Å². The molecule has 0 radical (unpaired) electrons. The van der Waals surface area contributed by atoms with Crippen LogP contribution in [0.15, 0.2) is 90.2 Å². The van der Waals surface area contributed by atoms with E-state index in [4.69, 9.17) is 9.47 Å². The number of ether oxygens (including phenoxy) is 2. The van der Waals surface area contributed by atoms with Crippen molar-refractivity contribution in [1.29, 1.82) is 0 Å². The molecule has 7 nitrogen and oxygen atoms in total. The number of aromatic nitrogens is 1. The van der Waals surface area contributed by atoms with Crippen LogP contribution in [0.3, 0.4) is 0 Å². The van der Waals surface area contributed by atoms with E-state index in [1.54, 1.807) is 38.3 Å². The molecule has 1 aromatic heterocycles. The maximum atomic E-state index is 14.1. The van der Waals surface area contributed by atoms with Gasteiger partial charge in [0.1, 0.15) is 16.5 Å².